The SMILES string of the molecule is O=C(CCc1ncc(-c2c(F)cccc2F)o1)NCc1ccccc1CN1CCOCC1. The number of nitrogens with one attached hydrogen (secondary N) is 1. The molecule has 32 heavy (non-hydrogen) atoms. The fourth-order valence-corrected chi connectivity index (χ4v) is 3.66. The van der Waals surface area contributed by atoms with Crippen LogP contribution in [0.1, 0.15) is 23.4 Å². The maximum absolute atomic E-state index is 13.9. The fraction of sp³-hybridized carbons (Fsp3) is 0.333. The summed E-state index contributed by atoms with van der Waals surface area (Å²) in [7, 11) is 0. The minimum Gasteiger partial charge on any atom is -0.441 e. The molecule has 0 aliphatic carbocycles. The second-order valence-corrected chi connectivity index (χ2v) is 7.65. The quantitative estimate of drug-likeness (QED) is 0.577. The zero-order valence-electron chi connectivity index (χ0n) is 17.7. The van der Waals surface area contributed by atoms with Crippen LogP contribution in [0.2, 0.25) is 0 Å². The van der Waals surface area contributed by atoms with Gasteiger partial charge in [-0.3, -0.25) is 9.69 Å². The maximum atomic E-state index is 13.9. The predicted molar refractivity (Wildman–Crippen MR) is 115 cm³/mol. The zero-order chi connectivity index (χ0) is 22.3. The van der Waals surface area contributed by atoms with Crippen LogP contribution in [0.4, 0.5) is 8.78 Å². The van der Waals surface area contributed by atoms with E-state index in [1.54, 1.807) is 0 Å². The van der Waals surface area contributed by atoms with E-state index in [0.29, 0.717) is 6.54 Å². The third-order valence-electron chi connectivity index (χ3n) is 5.42. The van der Waals surface area contributed by atoms with Gasteiger partial charge in [0.05, 0.1) is 25.0 Å². The van der Waals surface area contributed by atoms with Crippen molar-refractivity contribution in [2.45, 2.75) is 25.9 Å². The van der Waals surface area contributed by atoms with Crippen LogP contribution in [0, 0.1) is 11.6 Å². The summed E-state index contributed by atoms with van der Waals surface area (Å²) in [5.41, 5.74) is 1.99. The number of carbonyl (C=O) groups is 1. The van der Waals surface area contributed by atoms with Gasteiger partial charge in [-0.25, -0.2) is 13.8 Å². The molecule has 1 aliphatic heterocycles. The van der Waals surface area contributed by atoms with E-state index in [0.717, 1.165) is 50.5 Å². The molecule has 6 nitrogen and oxygen atoms in total. The standard InChI is InChI=1S/C24H25F2N3O3/c25-19-6-3-7-20(26)24(19)21-15-28-23(32-21)9-8-22(30)27-14-17-4-1-2-5-18(17)16-29-10-12-31-13-11-29/h1-7,15H,8-14,16H2,(H,27,30). The van der Waals surface area contributed by atoms with E-state index < -0.39 is 11.6 Å². The number of rotatable bonds is 8. The van der Waals surface area contributed by atoms with Crippen molar-refractivity contribution in [1.29, 1.82) is 0 Å². The number of hydrogen-bond donors (Lipinski definition) is 1. The number of ether oxygens (including phenoxy) is 1. The predicted octanol–water partition coefficient (Wildman–Crippen LogP) is 3.70. The molecule has 0 unspecified atom stereocenters. The van der Waals surface area contributed by atoms with Crippen molar-refractivity contribution in [2.75, 3.05) is 26.3 Å². The molecular weight excluding hydrogens is 416 g/mol. The number of oxazole rings is 1. The Kier molecular flexibility index (Phi) is 7.24. The maximum Gasteiger partial charge on any atom is 0.220 e. The third kappa shape index (κ3) is 5.57. The first-order valence-electron chi connectivity index (χ1n) is 10.6. The highest BCUT2D eigenvalue weighted by Crippen LogP contribution is 2.26. The first kappa shape index (κ1) is 22.1. The van der Waals surface area contributed by atoms with E-state index in [1.807, 2.05) is 18.2 Å². The van der Waals surface area contributed by atoms with Crippen LogP contribution in [0.3, 0.4) is 0 Å². The molecule has 0 saturated carbocycles. The number of aromatic nitrogens is 1. The van der Waals surface area contributed by atoms with E-state index in [1.165, 1.54) is 17.8 Å². The van der Waals surface area contributed by atoms with Gasteiger partial charge < -0.3 is 14.5 Å². The van der Waals surface area contributed by atoms with Crippen LogP contribution in [0.25, 0.3) is 11.3 Å². The summed E-state index contributed by atoms with van der Waals surface area (Å²) in [5, 5.41) is 2.93. The van der Waals surface area contributed by atoms with Gasteiger partial charge in [0.15, 0.2) is 11.7 Å². The van der Waals surface area contributed by atoms with Crippen molar-refractivity contribution in [1.82, 2.24) is 15.2 Å². The molecule has 2 aromatic carbocycles. The largest absolute Gasteiger partial charge is 0.441 e. The van der Waals surface area contributed by atoms with Crippen molar-refractivity contribution in [3.8, 4) is 11.3 Å². The zero-order valence-corrected chi connectivity index (χ0v) is 17.7. The van der Waals surface area contributed by atoms with Crippen molar-refractivity contribution in [3.63, 3.8) is 0 Å². The molecule has 1 fully saturated rings. The Hall–Kier alpha value is -3.10. The second kappa shape index (κ2) is 10.5. The number of benzene rings is 2. The van der Waals surface area contributed by atoms with Crippen molar-refractivity contribution >= 4 is 5.91 Å². The number of nitrogens with zero attached hydrogens (tertiary/aromatic N) is 2. The lowest BCUT2D eigenvalue weighted by atomic mass is 10.1. The van der Waals surface area contributed by atoms with Gasteiger partial charge in [0.1, 0.15) is 11.6 Å². The van der Waals surface area contributed by atoms with Crippen LogP contribution in [-0.2, 0) is 29.0 Å². The van der Waals surface area contributed by atoms with Crippen LogP contribution in [-0.4, -0.2) is 42.1 Å². The highest BCUT2D eigenvalue weighted by atomic mass is 19.1. The number of halogens is 2. The average molecular weight is 441 g/mol. The highest BCUT2D eigenvalue weighted by Gasteiger charge is 2.17. The summed E-state index contributed by atoms with van der Waals surface area (Å²) >= 11 is 0. The van der Waals surface area contributed by atoms with Gasteiger partial charge in [0.2, 0.25) is 5.91 Å². The Morgan fingerprint density at radius 3 is 2.50 bits per heavy atom. The molecule has 1 amide bonds. The lowest BCUT2D eigenvalue weighted by molar-refractivity contribution is -0.121. The molecule has 1 aliphatic rings. The van der Waals surface area contributed by atoms with E-state index in [2.05, 4.69) is 21.3 Å². The Bertz CT molecular complexity index is 1040. The van der Waals surface area contributed by atoms with Gasteiger partial charge in [0.25, 0.3) is 0 Å². The number of morpholine rings is 1. The molecule has 1 N–H and O–H groups in total. The van der Waals surface area contributed by atoms with E-state index in [-0.39, 0.29) is 36.0 Å². The lowest BCUT2D eigenvalue weighted by Gasteiger charge is -2.27. The van der Waals surface area contributed by atoms with Gasteiger partial charge in [0, 0.05) is 39.0 Å². The first-order valence-corrected chi connectivity index (χ1v) is 10.6. The second-order valence-electron chi connectivity index (χ2n) is 7.65. The molecule has 3 aromatic rings. The summed E-state index contributed by atoms with van der Waals surface area (Å²) in [6, 6.07) is 11.7. The van der Waals surface area contributed by atoms with Crippen LogP contribution < -0.4 is 5.32 Å². The molecule has 0 radical (unpaired) electrons. The first-order chi connectivity index (χ1) is 15.6. The van der Waals surface area contributed by atoms with Crippen molar-refractivity contribution in [2.24, 2.45) is 0 Å². The molecule has 8 heteroatoms. The number of carbonyl (C=O) groups excluding carboxylic acids is 1. The molecule has 4 rings (SSSR count). The molecule has 2 heterocycles. The van der Waals surface area contributed by atoms with Crippen LogP contribution in [0.15, 0.2) is 53.1 Å². The third-order valence-corrected chi connectivity index (χ3v) is 5.42. The minimum absolute atomic E-state index is 0.00745. The van der Waals surface area contributed by atoms with Gasteiger partial charge in [-0.05, 0) is 23.3 Å². The molecule has 0 bridgehead atoms. The normalized spacial score (nSPS) is 14.4. The van der Waals surface area contributed by atoms with Gasteiger partial charge in [-0.15, -0.1) is 0 Å². The molecule has 1 aromatic heterocycles. The van der Waals surface area contributed by atoms with E-state index >= 15 is 0 Å². The molecule has 0 atom stereocenters. The van der Waals surface area contributed by atoms with Crippen molar-refractivity contribution < 1.29 is 22.7 Å². The smallest absolute Gasteiger partial charge is 0.220 e. The Balaban J connectivity index is 1.30. The number of amides is 1. The van der Waals surface area contributed by atoms with Gasteiger partial charge >= 0.3 is 0 Å². The lowest BCUT2D eigenvalue weighted by Crippen LogP contribution is -2.36. The van der Waals surface area contributed by atoms with Crippen LogP contribution >= 0.6 is 0 Å². The average Bonchev–Trinajstić information content (AvgIpc) is 3.26. The summed E-state index contributed by atoms with van der Waals surface area (Å²) in [6.07, 6.45) is 1.67. The molecule has 168 valence electrons. The van der Waals surface area contributed by atoms with Crippen molar-refractivity contribution in [3.05, 3.63) is 77.3 Å². The Morgan fingerprint density at radius 1 is 1.03 bits per heavy atom. The summed E-state index contributed by atoms with van der Waals surface area (Å²) in [4.78, 5) is 18.7. The summed E-state index contributed by atoms with van der Waals surface area (Å²) < 4.78 is 38.7. The van der Waals surface area contributed by atoms with E-state index in [9.17, 15) is 13.6 Å². The van der Waals surface area contributed by atoms with Gasteiger partial charge in [-0.1, -0.05) is 30.3 Å². The van der Waals surface area contributed by atoms with Gasteiger partial charge in [-0.2, -0.15) is 0 Å². The summed E-state index contributed by atoms with van der Waals surface area (Å²) in [5.74, 6) is -1.33. The highest BCUT2D eigenvalue weighted by molar-refractivity contribution is 5.76. The Morgan fingerprint density at radius 2 is 1.75 bits per heavy atom. The minimum atomic E-state index is -0.721. The number of aryl methyl sites for hydroxylation is 1. The van der Waals surface area contributed by atoms with Crippen LogP contribution in [0.5, 0.6) is 0 Å². The monoisotopic (exact) mass is 441 g/mol. The Labute approximate surface area is 185 Å². The summed E-state index contributed by atoms with van der Waals surface area (Å²) in [6.45, 7) is 4.53. The molecule has 0 spiro atoms. The molecule has 1 saturated heterocycles. The fourth-order valence-electron chi connectivity index (χ4n) is 3.66. The topological polar surface area (TPSA) is 67.6 Å². The number of hydrogen-bond acceptors (Lipinski definition) is 5. The van der Waals surface area contributed by atoms with E-state index in [4.69, 9.17) is 9.15 Å². The molecular formula is C24H25F2N3O3.